The molecule has 0 saturated heterocycles. The molecule has 0 aromatic heterocycles. The lowest BCUT2D eigenvalue weighted by Crippen LogP contribution is -2.30. The van der Waals surface area contributed by atoms with Crippen molar-refractivity contribution in [3.05, 3.63) is 29.8 Å². The van der Waals surface area contributed by atoms with Crippen LogP contribution < -0.4 is 4.90 Å². The zero-order chi connectivity index (χ0) is 19.9. The lowest BCUT2D eigenvalue weighted by atomic mass is 10.0. The standard InChI is InChI=1S/C26H46N2/c1-3-5-20-27(21-6-4-2)22-14-10-8-7-9-11-15-23-28-24-16-18-25-17-12-13-19-26(25)28/h12-13,17,19H,3-11,14-16,18,20-24H2,1-2H3. The first-order chi connectivity index (χ1) is 13.8. The number of benzene rings is 1. The van der Waals surface area contributed by atoms with E-state index in [1.54, 1.807) is 5.56 Å². The van der Waals surface area contributed by atoms with Gasteiger partial charge in [0, 0.05) is 18.8 Å². The Morgan fingerprint density at radius 2 is 1.36 bits per heavy atom. The average molecular weight is 387 g/mol. The number of rotatable bonds is 16. The van der Waals surface area contributed by atoms with E-state index in [1.807, 2.05) is 0 Å². The van der Waals surface area contributed by atoms with Crippen molar-refractivity contribution in [1.29, 1.82) is 0 Å². The highest BCUT2D eigenvalue weighted by molar-refractivity contribution is 5.55. The van der Waals surface area contributed by atoms with Crippen LogP contribution in [0.1, 0.15) is 96.5 Å². The van der Waals surface area contributed by atoms with Crippen molar-refractivity contribution < 1.29 is 0 Å². The monoisotopic (exact) mass is 386 g/mol. The largest absolute Gasteiger partial charge is 0.371 e. The highest BCUT2D eigenvalue weighted by Crippen LogP contribution is 2.26. The second kappa shape index (κ2) is 14.9. The number of hydrogen-bond acceptors (Lipinski definition) is 2. The summed E-state index contributed by atoms with van der Waals surface area (Å²) in [7, 11) is 0. The van der Waals surface area contributed by atoms with Gasteiger partial charge in [0.2, 0.25) is 0 Å². The van der Waals surface area contributed by atoms with Crippen LogP contribution in [0.4, 0.5) is 5.69 Å². The molecule has 0 unspecified atom stereocenters. The minimum absolute atomic E-state index is 1.25. The molecular formula is C26H46N2. The summed E-state index contributed by atoms with van der Waals surface area (Å²) in [6.45, 7) is 11.1. The molecule has 0 fully saturated rings. The van der Waals surface area contributed by atoms with Crippen molar-refractivity contribution in [2.75, 3.05) is 37.6 Å². The SMILES string of the molecule is CCCCN(CCCC)CCCCCCCCCN1CCCc2ccccc21. The van der Waals surface area contributed by atoms with Gasteiger partial charge in [-0.05, 0) is 69.8 Å². The van der Waals surface area contributed by atoms with Crippen LogP contribution in [0.2, 0.25) is 0 Å². The summed E-state index contributed by atoms with van der Waals surface area (Å²) >= 11 is 0. The number of anilines is 1. The zero-order valence-electron chi connectivity index (χ0n) is 18.9. The predicted molar refractivity (Wildman–Crippen MR) is 126 cm³/mol. The van der Waals surface area contributed by atoms with Crippen molar-refractivity contribution in [3.63, 3.8) is 0 Å². The normalized spacial score (nSPS) is 13.9. The number of fused-ring (bicyclic) bond motifs is 1. The smallest absolute Gasteiger partial charge is 0.0398 e. The lowest BCUT2D eigenvalue weighted by Gasteiger charge is -2.31. The minimum atomic E-state index is 1.25. The molecule has 0 amide bonds. The van der Waals surface area contributed by atoms with E-state index in [4.69, 9.17) is 0 Å². The van der Waals surface area contributed by atoms with Crippen LogP contribution >= 0.6 is 0 Å². The molecular weight excluding hydrogens is 340 g/mol. The van der Waals surface area contributed by atoms with Gasteiger partial charge in [0.25, 0.3) is 0 Å². The maximum absolute atomic E-state index is 2.71. The maximum atomic E-state index is 2.71. The van der Waals surface area contributed by atoms with Crippen LogP contribution in [0.15, 0.2) is 24.3 Å². The molecule has 0 spiro atoms. The molecule has 0 saturated carbocycles. The fraction of sp³-hybridized carbons (Fsp3) is 0.769. The number of nitrogens with zero attached hydrogens (tertiary/aromatic N) is 2. The molecule has 2 nitrogen and oxygen atoms in total. The summed E-state index contributed by atoms with van der Waals surface area (Å²) in [5.41, 5.74) is 3.06. The second-order valence-electron chi connectivity index (χ2n) is 8.74. The summed E-state index contributed by atoms with van der Waals surface area (Å²) in [5.74, 6) is 0. The van der Waals surface area contributed by atoms with Gasteiger partial charge in [0.1, 0.15) is 0 Å². The number of hydrogen-bond donors (Lipinski definition) is 0. The fourth-order valence-electron chi connectivity index (χ4n) is 4.46. The molecule has 1 heterocycles. The van der Waals surface area contributed by atoms with Gasteiger partial charge >= 0.3 is 0 Å². The molecule has 2 rings (SSSR count). The molecule has 1 aromatic carbocycles. The molecule has 160 valence electrons. The summed E-state index contributed by atoms with van der Waals surface area (Å²) in [6, 6.07) is 9.02. The molecule has 0 atom stereocenters. The summed E-state index contributed by atoms with van der Waals surface area (Å²) < 4.78 is 0. The van der Waals surface area contributed by atoms with Gasteiger partial charge in [-0.2, -0.15) is 0 Å². The van der Waals surface area contributed by atoms with Gasteiger partial charge < -0.3 is 9.80 Å². The van der Waals surface area contributed by atoms with E-state index < -0.39 is 0 Å². The van der Waals surface area contributed by atoms with E-state index >= 15 is 0 Å². The third-order valence-corrected chi connectivity index (χ3v) is 6.26. The zero-order valence-corrected chi connectivity index (χ0v) is 18.9. The lowest BCUT2D eigenvalue weighted by molar-refractivity contribution is 0.259. The first-order valence-electron chi connectivity index (χ1n) is 12.4. The van der Waals surface area contributed by atoms with Gasteiger partial charge in [-0.25, -0.2) is 0 Å². The highest BCUT2D eigenvalue weighted by atomic mass is 15.1. The van der Waals surface area contributed by atoms with E-state index in [9.17, 15) is 0 Å². The van der Waals surface area contributed by atoms with Crippen molar-refractivity contribution in [1.82, 2.24) is 4.90 Å². The van der Waals surface area contributed by atoms with Crippen LogP contribution in [0.5, 0.6) is 0 Å². The summed E-state index contributed by atoms with van der Waals surface area (Å²) in [6.07, 6.45) is 17.8. The second-order valence-corrected chi connectivity index (χ2v) is 8.74. The number of para-hydroxylation sites is 1. The van der Waals surface area contributed by atoms with E-state index in [1.165, 1.54) is 122 Å². The van der Waals surface area contributed by atoms with Crippen molar-refractivity contribution in [2.45, 2.75) is 97.3 Å². The molecule has 0 bridgehead atoms. The molecule has 1 aliphatic rings. The Morgan fingerprint density at radius 1 is 0.750 bits per heavy atom. The van der Waals surface area contributed by atoms with Crippen molar-refractivity contribution in [2.24, 2.45) is 0 Å². The van der Waals surface area contributed by atoms with Crippen molar-refractivity contribution in [3.8, 4) is 0 Å². The van der Waals surface area contributed by atoms with E-state index in [2.05, 4.69) is 47.9 Å². The topological polar surface area (TPSA) is 6.48 Å². The summed E-state index contributed by atoms with van der Waals surface area (Å²) in [5, 5.41) is 0. The highest BCUT2D eigenvalue weighted by Gasteiger charge is 2.15. The van der Waals surface area contributed by atoms with Gasteiger partial charge in [-0.3, -0.25) is 0 Å². The average Bonchev–Trinajstić information content (AvgIpc) is 2.74. The predicted octanol–water partition coefficient (Wildman–Crippen LogP) is 7.07. The molecule has 0 aliphatic carbocycles. The quantitative estimate of drug-likeness (QED) is 0.280. The Hall–Kier alpha value is -1.02. The third kappa shape index (κ3) is 8.99. The van der Waals surface area contributed by atoms with Gasteiger partial charge in [-0.1, -0.05) is 77.0 Å². The Labute approximate surface area is 175 Å². The van der Waals surface area contributed by atoms with Crippen LogP contribution in [-0.2, 0) is 6.42 Å². The van der Waals surface area contributed by atoms with Gasteiger partial charge in [0.15, 0.2) is 0 Å². The molecule has 1 aliphatic heterocycles. The van der Waals surface area contributed by atoms with Crippen LogP contribution in [-0.4, -0.2) is 37.6 Å². The van der Waals surface area contributed by atoms with Gasteiger partial charge in [0.05, 0.1) is 0 Å². The Balaban J connectivity index is 1.47. The molecule has 1 aromatic rings. The third-order valence-electron chi connectivity index (χ3n) is 6.26. The van der Waals surface area contributed by atoms with Crippen LogP contribution in [0.25, 0.3) is 0 Å². The molecule has 0 radical (unpaired) electrons. The maximum Gasteiger partial charge on any atom is 0.0398 e. The Morgan fingerprint density at radius 3 is 2.07 bits per heavy atom. The first kappa shape index (κ1) is 23.3. The van der Waals surface area contributed by atoms with E-state index in [0.717, 1.165) is 0 Å². The fourth-order valence-corrected chi connectivity index (χ4v) is 4.46. The first-order valence-corrected chi connectivity index (χ1v) is 12.4. The minimum Gasteiger partial charge on any atom is -0.371 e. The van der Waals surface area contributed by atoms with E-state index in [0.29, 0.717) is 0 Å². The Kier molecular flexibility index (Phi) is 12.4. The van der Waals surface area contributed by atoms with Crippen LogP contribution in [0.3, 0.4) is 0 Å². The number of unbranched alkanes of at least 4 members (excludes halogenated alkanes) is 8. The molecule has 0 N–H and O–H groups in total. The number of aryl methyl sites for hydroxylation is 1. The summed E-state index contributed by atoms with van der Waals surface area (Å²) in [4.78, 5) is 5.34. The molecule has 28 heavy (non-hydrogen) atoms. The Bertz CT molecular complexity index is 491. The van der Waals surface area contributed by atoms with Crippen molar-refractivity contribution >= 4 is 5.69 Å². The van der Waals surface area contributed by atoms with E-state index in [-0.39, 0.29) is 0 Å². The molecule has 2 heteroatoms. The van der Waals surface area contributed by atoms with Gasteiger partial charge in [-0.15, -0.1) is 0 Å². The van der Waals surface area contributed by atoms with Crippen LogP contribution in [0, 0.1) is 0 Å².